The van der Waals surface area contributed by atoms with Gasteiger partial charge in [0.05, 0.1) is 12.2 Å². The van der Waals surface area contributed by atoms with E-state index >= 15 is 0 Å². The second kappa shape index (κ2) is 6.98. The molecule has 112 valence electrons. The van der Waals surface area contributed by atoms with E-state index in [0.717, 1.165) is 37.1 Å². The topological polar surface area (TPSA) is 34.6 Å². The SMILES string of the molecule is COC[C@H](C)N1CCC(OC)(c2ccc(Br)nc2)CC1. The fraction of sp³-hybridized carbons (Fsp3) is 0.667. The smallest absolute Gasteiger partial charge is 0.106 e. The number of pyridine rings is 1. The van der Waals surface area contributed by atoms with Crippen LogP contribution in [-0.2, 0) is 15.1 Å². The Balaban J connectivity index is 2.06. The number of piperidine rings is 1. The van der Waals surface area contributed by atoms with Crippen molar-refractivity contribution in [3.05, 3.63) is 28.5 Å². The summed E-state index contributed by atoms with van der Waals surface area (Å²) < 4.78 is 12.0. The summed E-state index contributed by atoms with van der Waals surface area (Å²) in [5.74, 6) is 0. The highest BCUT2D eigenvalue weighted by Gasteiger charge is 2.37. The van der Waals surface area contributed by atoms with E-state index < -0.39 is 0 Å². The van der Waals surface area contributed by atoms with E-state index in [1.54, 1.807) is 14.2 Å². The molecule has 1 aliphatic rings. The fourth-order valence-corrected chi connectivity index (χ4v) is 3.16. The van der Waals surface area contributed by atoms with Gasteiger partial charge in [-0.3, -0.25) is 4.90 Å². The highest BCUT2D eigenvalue weighted by atomic mass is 79.9. The van der Waals surface area contributed by atoms with Crippen molar-refractivity contribution >= 4 is 15.9 Å². The molecule has 1 fully saturated rings. The summed E-state index contributed by atoms with van der Waals surface area (Å²) in [4.78, 5) is 6.80. The van der Waals surface area contributed by atoms with Gasteiger partial charge in [0.1, 0.15) is 4.60 Å². The number of ether oxygens (including phenoxy) is 2. The molecule has 0 amide bonds. The van der Waals surface area contributed by atoms with Crippen LogP contribution < -0.4 is 0 Å². The number of nitrogens with zero attached hydrogens (tertiary/aromatic N) is 2. The summed E-state index contributed by atoms with van der Waals surface area (Å²) in [6, 6.07) is 4.54. The largest absolute Gasteiger partial charge is 0.383 e. The van der Waals surface area contributed by atoms with Crippen molar-refractivity contribution in [1.82, 2.24) is 9.88 Å². The Morgan fingerprint density at radius 3 is 2.55 bits per heavy atom. The minimum atomic E-state index is -0.197. The summed E-state index contributed by atoms with van der Waals surface area (Å²) in [6.07, 6.45) is 3.89. The summed E-state index contributed by atoms with van der Waals surface area (Å²) in [7, 11) is 3.56. The standard InChI is InChI=1S/C15H23BrN2O2/c1-12(11-19-2)18-8-6-15(20-3,7-9-18)13-4-5-14(16)17-10-13/h4-5,10,12H,6-9,11H2,1-3H3/t12-/m0/s1. The Morgan fingerprint density at radius 1 is 1.35 bits per heavy atom. The van der Waals surface area contributed by atoms with E-state index in [0.29, 0.717) is 6.04 Å². The monoisotopic (exact) mass is 342 g/mol. The molecule has 2 rings (SSSR count). The Hall–Kier alpha value is -0.490. The molecule has 5 heteroatoms. The third-order valence-electron chi connectivity index (χ3n) is 4.28. The Kier molecular flexibility index (Phi) is 5.55. The lowest BCUT2D eigenvalue weighted by Crippen LogP contribution is -2.48. The average molecular weight is 343 g/mol. The van der Waals surface area contributed by atoms with Crippen molar-refractivity contribution < 1.29 is 9.47 Å². The van der Waals surface area contributed by atoms with Crippen LogP contribution in [0.25, 0.3) is 0 Å². The van der Waals surface area contributed by atoms with Gasteiger partial charge in [-0.15, -0.1) is 0 Å². The van der Waals surface area contributed by atoms with Crippen molar-refractivity contribution in [3.63, 3.8) is 0 Å². The second-order valence-electron chi connectivity index (χ2n) is 5.41. The Bertz CT molecular complexity index is 416. The van der Waals surface area contributed by atoms with Crippen LogP contribution in [0.3, 0.4) is 0 Å². The number of halogens is 1. The van der Waals surface area contributed by atoms with Gasteiger partial charge >= 0.3 is 0 Å². The van der Waals surface area contributed by atoms with Gasteiger partial charge in [0.25, 0.3) is 0 Å². The number of rotatable bonds is 5. The summed E-state index contributed by atoms with van der Waals surface area (Å²) >= 11 is 3.38. The molecule has 0 saturated carbocycles. The van der Waals surface area contributed by atoms with E-state index in [-0.39, 0.29) is 5.60 Å². The molecule has 0 unspecified atom stereocenters. The Morgan fingerprint density at radius 2 is 2.05 bits per heavy atom. The highest BCUT2D eigenvalue weighted by molar-refractivity contribution is 9.10. The minimum Gasteiger partial charge on any atom is -0.383 e. The summed E-state index contributed by atoms with van der Waals surface area (Å²) in [6.45, 7) is 5.03. The quantitative estimate of drug-likeness (QED) is 0.770. The molecule has 2 heterocycles. The van der Waals surface area contributed by atoms with Crippen LogP contribution in [0.1, 0.15) is 25.3 Å². The first-order valence-electron chi connectivity index (χ1n) is 7.01. The molecule has 1 aromatic heterocycles. The van der Waals surface area contributed by atoms with Crippen molar-refractivity contribution in [3.8, 4) is 0 Å². The van der Waals surface area contributed by atoms with Gasteiger partial charge in [-0.2, -0.15) is 0 Å². The van der Waals surface area contributed by atoms with Gasteiger partial charge in [-0.25, -0.2) is 4.98 Å². The van der Waals surface area contributed by atoms with Crippen molar-refractivity contribution in [2.45, 2.75) is 31.4 Å². The molecule has 20 heavy (non-hydrogen) atoms. The zero-order valence-corrected chi connectivity index (χ0v) is 14.0. The van der Waals surface area contributed by atoms with Crippen molar-refractivity contribution in [1.29, 1.82) is 0 Å². The van der Waals surface area contributed by atoms with Crippen molar-refractivity contribution in [2.24, 2.45) is 0 Å². The molecule has 0 N–H and O–H groups in total. The lowest BCUT2D eigenvalue weighted by Gasteiger charge is -2.43. The van der Waals surface area contributed by atoms with Crippen LogP contribution in [0.15, 0.2) is 22.9 Å². The van der Waals surface area contributed by atoms with E-state index in [4.69, 9.17) is 9.47 Å². The number of hydrogen-bond acceptors (Lipinski definition) is 4. The molecule has 0 bridgehead atoms. The van der Waals surface area contributed by atoms with E-state index in [1.807, 2.05) is 12.3 Å². The molecule has 0 spiro atoms. The fourth-order valence-electron chi connectivity index (χ4n) is 2.93. The maximum atomic E-state index is 5.88. The molecule has 0 aromatic carbocycles. The first-order chi connectivity index (χ1) is 9.61. The zero-order valence-electron chi connectivity index (χ0n) is 12.4. The molecule has 1 aliphatic heterocycles. The van der Waals surface area contributed by atoms with Gasteiger partial charge in [0.15, 0.2) is 0 Å². The first-order valence-corrected chi connectivity index (χ1v) is 7.81. The van der Waals surface area contributed by atoms with Crippen LogP contribution in [0.5, 0.6) is 0 Å². The van der Waals surface area contributed by atoms with Gasteiger partial charge in [0.2, 0.25) is 0 Å². The molecule has 0 aliphatic carbocycles. The summed E-state index contributed by atoms with van der Waals surface area (Å²) in [5, 5.41) is 0. The molecule has 1 aromatic rings. The van der Waals surface area contributed by atoms with E-state index in [9.17, 15) is 0 Å². The molecule has 1 atom stereocenters. The van der Waals surface area contributed by atoms with Crippen LogP contribution in [0, 0.1) is 0 Å². The molecule has 4 nitrogen and oxygen atoms in total. The minimum absolute atomic E-state index is 0.197. The third-order valence-corrected chi connectivity index (χ3v) is 4.75. The number of likely N-dealkylation sites (tertiary alicyclic amines) is 1. The van der Waals surface area contributed by atoms with E-state index in [2.05, 4.69) is 38.8 Å². The van der Waals surface area contributed by atoms with Crippen LogP contribution in [0.2, 0.25) is 0 Å². The van der Waals surface area contributed by atoms with Crippen LogP contribution >= 0.6 is 15.9 Å². The lowest BCUT2D eigenvalue weighted by molar-refractivity contribution is -0.0723. The number of hydrogen-bond donors (Lipinski definition) is 0. The highest BCUT2D eigenvalue weighted by Crippen LogP contribution is 2.36. The number of aromatic nitrogens is 1. The van der Waals surface area contributed by atoms with Crippen LogP contribution in [-0.4, -0.2) is 49.8 Å². The second-order valence-corrected chi connectivity index (χ2v) is 6.22. The van der Waals surface area contributed by atoms with Gasteiger partial charge in [-0.05, 0) is 41.8 Å². The first kappa shape index (κ1) is 15.9. The predicted molar refractivity (Wildman–Crippen MR) is 82.8 cm³/mol. The lowest BCUT2D eigenvalue weighted by atomic mass is 9.84. The van der Waals surface area contributed by atoms with E-state index in [1.165, 1.54) is 5.56 Å². The molecular weight excluding hydrogens is 320 g/mol. The zero-order chi connectivity index (χ0) is 14.6. The molecule has 0 radical (unpaired) electrons. The molecular formula is C15H23BrN2O2. The predicted octanol–water partition coefficient (Wildman–Crippen LogP) is 2.82. The third kappa shape index (κ3) is 3.39. The van der Waals surface area contributed by atoms with Gasteiger partial charge in [0, 0.05) is 45.1 Å². The van der Waals surface area contributed by atoms with Gasteiger partial charge in [-0.1, -0.05) is 6.07 Å². The Labute approximate surface area is 129 Å². The normalized spacial score (nSPS) is 20.8. The average Bonchev–Trinajstić information content (AvgIpc) is 2.48. The summed E-state index contributed by atoms with van der Waals surface area (Å²) in [5.41, 5.74) is 0.971. The maximum absolute atomic E-state index is 5.88. The van der Waals surface area contributed by atoms with Crippen molar-refractivity contribution in [2.75, 3.05) is 33.9 Å². The van der Waals surface area contributed by atoms with Gasteiger partial charge < -0.3 is 9.47 Å². The number of methoxy groups -OCH3 is 2. The maximum Gasteiger partial charge on any atom is 0.106 e. The van der Waals surface area contributed by atoms with Crippen LogP contribution in [0.4, 0.5) is 0 Å². The molecule has 1 saturated heterocycles.